The van der Waals surface area contributed by atoms with Crippen LogP contribution in [0.15, 0.2) is 47.1 Å². The molecule has 2 heterocycles. The number of pyridine rings is 1. The first-order chi connectivity index (χ1) is 11.7. The molecule has 0 spiro atoms. The minimum absolute atomic E-state index is 0.420. The second kappa shape index (κ2) is 7.42. The van der Waals surface area contributed by atoms with Gasteiger partial charge in [-0.3, -0.25) is 0 Å². The highest BCUT2D eigenvalue weighted by molar-refractivity contribution is 6.30. The Hall–Kier alpha value is -2.44. The van der Waals surface area contributed by atoms with Crippen LogP contribution in [0.4, 0.5) is 5.82 Å². The van der Waals surface area contributed by atoms with Crippen LogP contribution in [0.2, 0.25) is 5.02 Å². The van der Waals surface area contributed by atoms with Crippen LogP contribution in [0, 0.1) is 0 Å². The Morgan fingerprint density at radius 2 is 2.08 bits per heavy atom. The summed E-state index contributed by atoms with van der Waals surface area (Å²) in [5, 5.41) is 4.63. The van der Waals surface area contributed by atoms with Crippen molar-refractivity contribution < 1.29 is 9.26 Å². The summed E-state index contributed by atoms with van der Waals surface area (Å²) < 4.78 is 10.4. The molecule has 0 aliphatic carbocycles. The molecule has 0 radical (unpaired) electrons. The van der Waals surface area contributed by atoms with Crippen molar-refractivity contribution in [3.05, 3.63) is 47.6 Å². The normalized spacial score (nSPS) is 10.8. The van der Waals surface area contributed by atoms with Crippen molar-refractivity contribution >= 4 is 17.4 Å². The third-order valence-corrected chi connectivity index (χ3v) is 3.76. The first-order valence-corrected chi connectivity index (χ1v) is 7.81. The SMILES string of the molecule is COCCN(C)c1ccc(-c2nc(-c3cccc(Cl)c3)no2)cn1. The molecule has 0 atom stereocenters. The van der Waals surface area contributed by atoms with Crippen LogP contribution < -0.4 is 4.90 Å². The van der Waals surface area contributed by atoms with Crippen molar-refractivity contribution in [2.24, 2.45) is 0 Å². The Bertz CT molecular complexity index is 804. The van der Waals surface area contributed by atoms with E-state index in [0.717, 1.165) is 23.5 Å². The Kier molecular flexibility index (Phi) is 5.08. The molecule has 0 saturated carbocycles. The van der Waals surface area contributed by atoms with Gasteiger partial charge in [0.2, 0.25) is 5.82 Å². The predicted molar refractivity (Wildman–Crippen MR) is 93.1 cm³/mol. The van der Waals surface area contributed by atoms with E-state index in [-0.39, 0.29) is 0 Å². The molecule has 0 aliphatic rings. The van der Waals surface area contributed by atoms with Gasteiger partial charge < -0.3 is 14.2 Å². The van der Waals surface area contributed by atoms with Crippen molar-refractivity contribution in [1.82, 2.24) is 15.1 Å². The maximum Gasteiger partial charge on any atom is 0.259 e. The average molecular weight is 345 g/mol. The first-order valence-electron chi connectivity index (χ1n) is 7.43. The zero-order chi connectivity index (χ0) is 16.9. The summed E-state index contributed by atoms with van der Waals surface area (Å²) in [6.07, 6.45) is 1.72. The van der Waals surface area contributed by atoms with Gasteiger partial charge in [0, 0.05) is 37.5 Å². The van der Waals surface area contributed by atoms with Gasteiger partial charge in [0.15, 0.2) is 0 Å². The van der Waals surface area contributed by atoms with E-state index in [2.05, 4.69) is 15.1 Å². The quantitative estimate of drug-likeness (QED) is 0.681. The molecule has 3 rings (SSSR count). The van der Waals surface area contributed by atoms with Crippen LogP contribution >= 0.6 is 11.6 Å². The number of hydrogen-bond acceptors (Lipinski definition) is 6. The van der Waals surface area contributed by atoms with Crippen LogP contribution in [0.3, 0.4) is 0 Å². The summed E-state index contributed by atoms with van der Waals surface area (Å²) >= 11 is 5.99. The summed E-state index contributed by atoms with van der Waals surface area (Å²) in [7, 11) is 3.64. The molecule has 0 fully saturated rings. The van der Waals surface area contributed by atoms with Gasteiger partial charge in [-0.25, -0.2) is 4.98 Å². The lowest BCUT2D eigenvalue weighted by molar-refractivity contribution is 0.206. The standard InChI is InChI=1S/C17H17ClN4O2/c1-22(8-9-23-2)15-7-6-13(11-19-15)17-20-16(21-24-17)12-4-3-5-14(18)10-12/h3-7,10-11H,8-9H2,1-2H3. The van der Waals surface area contributed by atoms with E-state index in [1.54, 1.807) is 25.4 Å². The maximum atomic E-state index is 5.99. The van der Waals surface area contributed by atoms with Crippen molar-refractivity contribution in [3.8, 4) is 22.8 Å². The van der Waals surface area contributed by atoms with E-state index < -0.39 is 0 Å². The molecule has 1 aromatic carbocycles. The van der Waals surface area contributed by atoms with Gasteiger partial charge in [-0.2, -0.15) is 4.98 Å². The number of likely N-dealkylation sites (N-methyl/N-ethyl adjacent to an activating group) is 1. The highest BCUT2D eigenvalue weighted by atomic mass is 35.5. The molecular weight excluding hydrogens is 328 g/mol. The third-order valence-electron chi connectivity index (χ3n) is 3.53. The summed E-state index contributed by atoms with van der Waals surface area (Å²) in [5.74, 6) is 1.77. The zero-order valence-electron chi connectivity index (χ0n) is 13.4. The molecule has 0 aliphatic heterocycles. The molecule has 0 saturated heterocycles. The lowest BCUT2D eigenvalue weighted by Crippen LogP contribution is -2.22. The number of aromatic nitrogens is 3. The van der Waals surface area contributed by atoms with Crippen LogP contribution in [0.1, 0.15) is 0 Å². The van der Waals surface area contributed by atoms with E-state index in [1.807, 2.05) is 36.2 Å². The Balaban J connectivity index is 1.78. The Morgan fingerprint density at radius 3 is 2.79 bits per heavy atom. The lowest BCUT2D eigenvalue weighted by atomic mass is 10.2. The molecule has 0 N–H and O–H groups in total. The molecule has 2 aromatic heterocycles. The minimum Gasteiger partial charge on any atom is -0.383 e. The van der Waals surface area contributed by atoms with Crippen molar-refractivity contribution in [2.45, 2.75) is 0 Å². The molecular formula is C17H17ClN4O2. The number of nitrogens with zero attached hydrogens (tertiary/aromatic N) is 4. The second-order valence-corrected chi connectivity index (χ2v) is 5.69. The van der Waals surface area contributed by atoms with Gasteiger partial charge in [0.05, 0.1) is 12.2 Å². The molecule has 24 heavy (non-hydrogen) atoms. The number of halogens is 1. The van der Waals surface area contributed by atoms with E-state index in [1.165, 1.54) is 0 Å². The lowest BCUT2D eigenvalue weighted by Gasteiger charge is -2.17. The second-order valence-electron chi connectivity index (χ2n) is 5.25. The summed E-state index contributed by atoms with van der Waals surface area (Å²) in [6, 6.07) is 11.1. The van der Waals surface area contributed by atoms with Gasteiger partial charge in [0.1, 0.15) is 5.82 Å². The number of hydrogen-bond donors (Lipinski definition) is 0. The highest BCUT2D eigenvalue weighted by Gasteiger charge is 2.12. The van der Waals surface area contributed by atoms with Gasteiger partial charge in [0.25, 0.3) is 5.89 Å². The van der Waals surface area contributed by atoms with E-state index in [9.17, 15) is 0 Å². The average Bonchev–Trinajstić information content (AvgIpc) is 3.10. The Labute approximate surface area is 145 Å². The molecule has 3 aromatic rings. The number of rotatable bonds is 6. The fraction of sp³-hybridized carbons (Fsp3) is 0.235. The first kappa shape index (κ1) is 16.4. The minimum atomic E-state index is 0.420. The van der Waals surface area contributed by atoms with Gasteiger partial charge in [-0.1, -0.05) is 28.9 Å². The topological polar surface area (TPSA) is 64.3 Å². The van der Waals surface area contributed by atoms with Crippen molar-refractivity contribution in [3.63, 3.8) is 0 Å². The van der Waals surface area contributed by atoms with Crippen LogP contribution in [-0.2, 0) is 4.74 Å². The fourth-order valence-electron chi connectivity index (χ4n) is 2.17. The number of ether oxygens (including phenoxy) is 1. The number of anilines is 1. The summed E-state index contributed by atoms with van der Waals surface area (Å²) in [4.78, 5) is 10.8. The van der Waals surface area contributed by atoms with Crippen molar-refractivity contribution in [2.75, 3.05) is 32.2 Å². The van der Waals surface area contributed by atoms with E-state index in [0.29, 0.717) is 23.3 Å². The largest absolute Gasteiger partial charge is 0.383 e. The smallest absolute Gasteiger partial charge is 0.259 e. The van der Waals surface area contributed by atoms with Crippen LogP contribution in [0.5, 0.6) is 0 Å². The molecule has 124 valence electrons. The van der Waals surface area contributed by atoms with Gasteiger partial charge in [-0.05, 0) is 24.3 Å². The van der Waals surface area contributed by atoms with Gasteiger partial charge in [-0.15, -0.1) is 0 Å². The van der Waals surface area contributed by atoms with Gasteiger partial charge >= 0.3 is 0 Å². The fourth-order valence-corrected chi connectivity index (χ4v) is 2.36. The molecule has 6 nitrogen and oxygen atoms in total. The van der Waals surface area contributed by atoms with Crippen LogP contribution in [-0.4, -0.2) is 42.4 Å². The zero-order valence-corrected chi connectivity index (χ0v) is 14.2. The molecule has 0 amide bonds. The van der Waals surface area contributed by atoms with E-state index >= 15 is 0 Å². The predicted octanol–water partition coefficient (Wildman–Crippen LogP) is 3.53. The molecule has 0 unspecified atom stereocenters. The number of benzene rings is 1. The Morgan fingerprint density at radius 1 is 1.21 bits per heavy atom. The third kappa shape index (κ3) is 3.72. The molecule has 0 bridgehead atoms. The summed E-state index contributed by atoms with van der Waals surface area (Å²) in [5.41, 5.74) is 1.57. The van der Waals surface area contributed by atoms with Crippen LogP contribution in [0.25, 0.3) is 22.8 Å². The molecule has 7 heteroatoms. The monoisotopic (exact) mass is 344 g/mol. The van der Waals surface area contributed by atoms with E-state index in [4.69, 9.17) is 20.9 Å². The maximum absolute atomic E-state index is 5.99. The highest BCUT2D eigenvalue weighted by Crippen LogP contribution is 2.24. The summed E-state index contributed by atoms with van der Waals surface area (Å²) in [6.45, 7) is 1.41. The van der Waals surface area contributed by atoms with Crippen molar-refractivity contribution in [1.29, 1.82) is 0 Å². The number of methoxy groups -OCH3 is 1.